The molecule has 0 spiro atoms. The Kier molecular flexibility index (Phi) is 5.73. The Morgan fingerprint density at radius 1 is 1.48 bits per heavy atom. The van der Waals surface area contributed by atoms with Crippen LogP contribution in [0.4, 0.5) is 5.69 Å². The van der Waals surface area contributed by atoms with Gasteiger partial charge in [-0.2, -0.15) is 0 Å². The van der Waals surface area contributed by atoms with Gasteiger partial charge in [-0.05, 0) is 43.5 Å². The minimum atomic E-state index is -0.110. The first-order valence-electron chi connectivity index (χ1n) is 7.52. The maximum Gasteiger partial charge on any atom is 0.225 e. The first kappa shape index (κ1) is 15.9. The Hall–Kier alpha value is -1.43. The smallest absolute Gasteiger partial charge is 0.225 e. The average Bonchev–Trinajstić information content (AvgIpc) is 2.44. The summed E-state index contributed by atoms with van der Waals surface area (Å²) in [5, 5.41) is 12.2. The van der Waals surface area contributed by atoms with Gasteiger partial charge in [0.1, 0.15) is 0 Å². The van der Waals surface area contributed by atoms with Crippen molar-refractivity contribution in [3.05, 3.63) is 29.8 Å². The molecule has 0 aliphatic heterocycles. The van der Waals surface area contributed by atoms with Gasteiger partial charge >= 0.3 is 0 Å². The normalized spacial score (nSPS) is 21.1. The number of nitrogens with one attached hydrogen (secondary N) is 1. The van der Waals surface area contributed by atoms with Gasteiger partial charge in [0.15, 0.2) is 0 Å². The number of benzene rings is 1. The first-order chi connectivity index (χ1) is 10.1. The molecule has 1 aliphatic rings. The quantitative estimate of drug-likeness (QED) is 0.705. The minimum absolute atomic E-state index is 0.0182. The van der Waals surface area contributed by atoms with Crippen LogP contribution in [0.15, 0.2) is 24.3 Å². The number of nitrogens with zero attached hydrogens (tertiary/aromatic N) is 1. The second-order valence-electron chi connectivity index (χ2n) is 5.96. The van der Waals surface area contributed by atoms with E-state index >= 15 is 0 Å². The molecule has 1 fully saturated rings. The van der Waals surface area contributed by atoms with Crippen LogP contribution in [0.5, 0.6) is 0 Å². The molecule has 5 heteroatoms. The molecule has 116 valence electrons. The standard InChI is InChI=1S/C16H25N3O2/c1-19(11-13-8-15(20)9-13)6-5-16(21)18-14-4-2-3-12(7-14)10-17/h2-4,7,13,15,20H,5-6,8-11,17H2,1H3,(H,18,21). The van der Waals surface area contributed by atoms with E-state index in [1.54, 1.807) is 0 Å². The molecule has 0 unspecified atom stereocenters. The molecular weight excluding hydrogens is 266 g/mol. The van der Waals surface area contributed by atoms with Gasteiger partial charge in [-0.1, -0.05) is 12.1 Å². The second kappa shape index (κ2) is 7.54. The Labute approximate surface area is 126 Å². The molecule has 1 amide bonds. The molecule has 0 heterocycles. The van der Waals surface area contributed by atoms with Gasteiger partial charge in [0.2, 0.25) is 5.91 Å². The van der Waals surface area contributed by atoms with Crippen molar-refractivity contribution in [1.29, 1.82) is 0 Å². The molecule has 0 atom stereocenters. The van der Waals surface area contributed by atoms with Gasteiger partial charge < -0.3 is 21.1 Å². The zero-order valence-corrected chi connectivity index (χ0v) is 12.6. The van der Waals surface area contributed by atoms with Crippen LogP contribution < -0.4 is 11.1 Å². The number of hydrogen-bond acceptors (Lipinski definition) is 4. The zero-order chi connectivity index (χ0) is 15.2. The summed E-state index contributed by atoms with van der Waals surface area (Å²) in [5.41, 5.74) is 7.39. The molecule has 0 aromatic heterocycles. The lowest BCUT2D eigenvalue weighted by Gasteiger charge is -2.34. The molecule has 5 nitrogen and oxygen atoms in total. The van der Waals surface area contributed by atoms with Crippen molar-refractivity contribution in [2.75, 3.05) is 25.5 Å². The van der Waals surface area contributed by atoms with Crippen LogP contribution in [0.1, 0.15) is 24.8 Å². The van der Waals surface area contributed by atoms with E-state index in [2.05, 4.69) is 10.2 Å². The molecular formula is C16H25N3O2. The maximum atomic E-state index is 11.9. The number of carbonyl (C=O) groups is 1. The van der Waals surface area contributed by atoms with Crippen LogP contribution in [0.3, 0.4) is 0 Å². The number of hydrogen-bond donors (Lipinski definition) is 3. The Balaban J connectivity index is 1.69. The van der Waals surface area contributed by atoms with E-state index < -0.39 is 0 Å². The van der Waals surface area contributed by atoms with Crippen LogP contribution >= 0.6 is 0 Å². The van der Waals surface area contributed by atoms with Crippen LogP contribution in [-0.2, 0) is 11.3 Å². The van der Waals surface area contributed by atoms with Gasteiger partial charge in [-0.3, -0.25) is 4.79 Å². The highest BCUT2D eigenvalue weighted by atomic mass is 16.3. The molecule has 0 bridgehead atoms. The van der Waals surface area contributed by atoms with Crippen molar-refractivity contribution in [2.45, 2.75) is 31.9 Å². The molecule has 1 saturated carbocycles. The molecule has 2 rings (SSSR count). The summed E-state index contributed by atoms with van der Waals surface area (Å²) >= 11 is 0. The fourth-order valence-corrected chi connectivity index (χ4v) is 2.67. The number of anilines is 1. The molecule has 1 aliphatic carbocycles. The summed E-state index contributed by atoms with van der Waals surface area (Å²) in [6.07, 6.45) is 2.14. The van der Waals surface area contributed by atoms with Crippen LogP contribution in [0.25, 0.3) is 0 Å². The fourth-order valence-electron chi connectivity index (χ4n) is 2.67. The lowest BCUT2D eigenvalue weighted by Crippen LogP contribution is -2.38. The van der Waals surface area contributed by atoms with Gasteiger partial charge in [-0.15, -0.1) is 0 Å². The van der Waals surface area contributed by atoms with Crippen LogP contribution in [0.2, 0.25) is 0 Å². The summed E-state index contributed by atoms with van der Waals surface area (Å²) in [7, 11) is 2.02. The molecule has 4 N–H and O–H groups in total. The predicted molar refractivity (Wildman–Crippen MR) is 83.8 cm³/mol. The Morgan fingerprint density at radius 2 is 2.24 bits per heavy atom. The minimum Gasteiger partial charge on any atom is -0.393 e. The highest BCUT2D eigenvalue weighted by Crippen LogP contribution is 2.27. The van der Waals surface area contributed by atoms with E-state index in [0.717, 1.165) is 37.2 Å². The molecule has 1 aromatic rings. The Morgan fingerprint density at radius 3 is 2.90 bits per heavy atom. The summed E-state index contributed by atoms with van der Waals surface area (Å²) < 4.78 is 0. The summed E-state index contributed by atoms with van der Waals surface area (Å²) in [6, 6.07) is 7.61. The maximum absolute atomic E-state index is 11.9. The molecule has 0 radical (unpaired) electrons. The SMILES string of the molecule is CN(CCC(=O)Nc1cccc(CN)c1)CC1CC(O)C1. The monoisotopic (exact) mass is 291 g/mol. The zero-order valence-electron chi connectivity index (χ0n) is 12.6. The number of rotatable bonds is 7. The third-order valence-electron chi connectivity index (χ3n) is 3.95. The third-order valence-corrected chi connectivity index (χ3v) is 3.95. The number of aliphatic hydroxyl groups excluding tert-OH is 1. The number of amides is 1. The number of carbonyl (C=O) groups excluding carboxylic acids is 1. The van der Waals surface area contributed by atoms with E-state index in [1.807, 2.05) is 31.3 Å². The van der Waals surface area contributed by atoms with E-state index in [0.29, 0.717) is 18.9 Å². The molecule has 21 heavy (non-hydrogen) atoms. The molecule has 0 saturated heterocycles. The topological polar surface area (TPSA) is 78.6 Å². The summed E-state index contributed by atoms with van der Waals surface area (Å²) in [6.45, 7) is 2.15. The van der Waals surface area contributed by atoms with Gasteiger partial charge in [0.05, 0.1) is 6.10 Å². The van der Waals surface area contributed by atoms with Crippen molar-refractivity contribution in [3.63, 3.8) is 0 Å². The summed E-state index contributed by atoms with van der Waals surface area (Å²) in [5.74, 6) is 0.596. The van der Waals surface area contributed by atoms with Crippen molar-refractivity contribution in [1.82, 2.24) is 4.90 Å². The fraction of sp³-hybridized carbons (Fsp3) is 0.562. The van der Waals surface area contributed by atoms with Crippen molar-refractivity contribution in [2.24, 2.45) is 11.7 Å². The van der Waals surface area contributed by atoms with Crippen molar-refractivity contribution < 1.29 is 9.90 Å². The second-order valence-corrected chi connectivity index (χ2v) is 5.96. The highest BCUT2D eigenvalue weighted by Gasteiger charge is 2.27. The van der Waals surface area contributed by atoms with E-state index in [-0.39, 0.29) is 12.0 Å². The van der Waals surface area contributed by atoms with Crippen LogP contribution in [0, 0.1) is 5.92 Å². The van der Waals surface area contributed by atoms with Gasteiger partial charge in [-0.25, -0.2) is 0 Å². The lowest BCUT2D eigenvalue weighted by molar-refractivity contribution is -0.116. The van der Waals surface area contributed by atoms with Gasteiger partial charge in [0, 0.05) is 31.7 Å². The first-order valence-corrected chi connectivity index (χ1v) is 7.52. The van der Waals surface area contributed by atoms with Crippen molar-refractivity contribution >= 4 is 11.6 Å². The van der Waals surface area contributed by atoms with E-state index in [9.17, 15) is 9.90 Å². The largest absolute Gasteiger partial charge is 0.393 e. The predicted octanol–water partition coefficient (Wildman–Crippen LogP) is 1.18. The van der Waals surface area contributed by atoms with Crippen molar-refractivity contribution in [3.8, 4) is 0 Å². The molecule has 1 aromatic carbocycles. The van der Waals surface area contributed by atoms with E-state index in [1.165, 1.54) is 0 Å². The van der Waals surface area contributed by atoms with Gasteiger partial charge in [0.25, 0.3) is 0 Å². The Bertz CT molecular complexity index is 472. The average molecular weight is 291 g/mol. The number of nitrogens with two attached hydrogens (primary N) is 1. The lowest BCUT2D eigenvalue weighted by atomic mass is 9.82. The number of aliphatic hydroxyl groups is 1. The third kappa shape index (κ3) is 5.12. The van der Waals surface area contributed by atoms with E-state index in [4.69, 9.17) is 5.73 Å². The highest BCUT2D eigenvalue weighted by molar-refractivity contribution is 5.90. The van der Waals surface area contributed by atoms with Crippen LogP contribution in [-0.4, -0.2) is 42.2 Å². The summed E-state index contributed by atoms with van der Waals surface area (Å²) in [4.78, 5) is 14.1.